The number of nitrogens with zero attached hydrogens (tertiary/aromatic N) is 3. The number of aromatic nitrogens is 1. The van der Waals surface area contributed by atoms with Crippen molar-refractivity contribution in [1.82, 2.24) is 0 Å². The number of carbonyl (C=O) groups excluding carboxylic acids is 1. The Balaban J connectivity index is 3.05. The van der Waals surface area contributed by atoms with Crippen LogP contribution < -0.4 is 8.87 Å². The molecule has 0 bridgehead atoms. The zero-order valence-corrected chi connectivity index (χ0v) is 13.4. The Morgan fingerprint density at radius 1 is 1.24 bits per heavy atom. The SMILES string of the molecule is CN(C)c1cc[n+](S(=O)(=O)[N+](=O)C(=O)OC(C)(C)C)cc1. The molecule has 0 aliphatic rings. The summed E-state index contributed by atoms with van der Waals surface area (Å²) in [6.07, 6.45) is 0.881. The van der Waals surface area contributed by atoms with E-state index in [0.717, 1.165) is 5.69 Å². The maximum atomic E-state index is 12.0. The van der Waals surface area contributed by atoms with Crippen LogP contribution >= 0.6 is 0 Å². The first-order chi connectivity index (χ1) is 9.45. The van der Waals surface area contributed by atoms with Crippen LogP contribution in [0.1, 0.15) is 20.8 Å². The van der Waals surface area contributed by atoms with Crippen LogP contribution in [0.3, 0.4) is 0 Å². The lowest BCUT2D eigenvalue weighted by Gasteiger charge is -2.14. The third kappa shape index (κ3) is 4.22. The number of pyridine rings is 1. The second-order valence-corrected chi connectivity index (χ2v) is 7.14. The summed E-state index contributed by atoms with van der Waals surface area (Å²) in [5.74, 6) is 0. The molecule has 0 aliphatic carbocycles. The lowest BCUT2D eigenvalue weighted by atomic mass is 10.2. The van der Waals surface area contributed by atoms with Gasteiger partial charge in [-0.05, 0) is 24.7 Å². The maximum absolute atomic E-state index is 12.0. The van der Waals surface area contributed by atoms with E-state index < -0.39 is 26.1 Å². The van der Waals surface area contributed by atoms with Crippen molar-refractivity contribution in [3.63, 3.8) is 0 Å². The van der Waals surface area contributed by atoms with Crippen LogP contribution in [0.25, 0.3) is 0 Å². The fraction of sp³-hybridized carbons (Fsp3) is 0.500. The largest absolute Gasteiger partial charge is 0.671 e. The van der Waals surface area contributed by atoms with Gasteiger partial charge in [0, 0.05) is 31.9 Å². The predicted octanol–water partition coefficient (Wildman–Crippen LogP) is 0.847. The Hall–Kier alpha value is -2.03. The molecule has 0 spiro atoms. The van der Waals surface area contributed by atoms with E-state index in [2.05, 4.69) is 0 Å². The summed E-state index contributed by atoms with van der Waals surface area (Å²) in [7, 11) is -0.979. The van der Waals surface area contributed by atoms with Gasteiger partial charge in [-0.1, -0.05) is 0 Å². The molecule has 116 valence electrons. The molecule has 1 aromatic rings. The van der Waals surface area contributed by atoms with E-state index in [9.17, 15) is 18.1 Å². The van der Waals surface area contributed by atoms with Crippen molar-refractivity contribution in [3.8, 4) is 0 Å². The van der Waals surface area contributed by atoms with Crippen molar-refractivity contribution < 1.29 is 26.1 Å². The van der Waals surface area contributed by atoms with Gasteiger partial charge in [0.05, 0.1) is 4.91 Å². The van der Waals surface area contributed by atoms with Crippen LogP contribution in [0.2, 0.25) is 0 Å². The van der Waals surface area contributed by atoms with Crippen LogP contribution in [0.4, 0.5) is 10.5 Å². The van der Waals surface area contributed by atoms with Gasteiger partial charge in [0.1, 0.15) is 5.60 Å². The highest BCUT2D eigenvalue weighted by Gasteiger charge is 2.50. The van der Waals surface area contributed by atoms with Crippen molar-refractivity contribution in [2.45, 2.75) is 26.4 Å². The molecular weight excluding hydrogens is 298 g/mol. The number of ether oxygens (including phenoxy) is 1. The van der Waals surface area contributed by atoms with Gasteiger partial charge < -0.3 is 9.64 Å². The Kier molecular flexibility index (Phi) is 4.67. The molecule has 0 N–H and O–H groups in total. The standard InChI is InChI=1S/C12H19N3O5S/c1-12(2,3)20-11(16)15(17)21(18,19)14-8-6-10(7-9-14)13(4)5/h6-9H,1-5H3/q+2. The second-order valence-electron chi connectivity index (χ2n) is 5.50. The molecule has 0 saturated heterocycles. The number of nitroso groups, excluding NO2 is 1. The third-order valence-corrected chi connectivity index (χ3v) is 3.66. The van der Waals surface area contributed by atoms with E-state index >= 15 is 0 Å². The summed E-state index contributed by atoms with van der Waals surface area (Å²) < 4.78 is 28.7. The van der Waals surface area contributed by atoms with Crippen molar-refractivity contribution in [2.75, 3.05) is 19.0 Å². The number of hydrogen-bond acceptors (Lipinski definition) is 6. The molecule has 1 aromatic heterocycles. The van der Waals surface area contributed by atoms with Crippen molar-refractivity contribution >= 4 is 22.0 Å². The number of rotatable bonds is 3. The van der Waals surface area contributed by atoms with E-state index in [1.54, 1.807) is 19.0 Å². The summed E-state index contributed by atoms with van der Waals surface area (Å²) >= 11 is 0. The molecule has 1 heterocycles. The molecule has 0 aromatic carbocycles. The number of anilines is 1. The van der Waals surface area contributed by atoms with Gasteiger partial charge in [0.2, 0.25) is 0 Å². The first-order valence-corrected chi connectivity index (χ1v) is 7.49. The maximum Gasteiger partial charge on any atom is 0.671 e. The van der Waals surface area contributed by atoms with Crippen LogP contribution in [0.5, 0.6) is 0 Å². The minimum Gasteiger partial charge on any atom is -0.402 e. The smallest absolute Gasteiger partial charge is 0.402 e. The van der Waals surface area contributed by atoms with E-state index in [1.807, 2.05) is 0 Å². The number of carbonyl (C=O) groups is 1. The average molecular weight is 317 g/mol. The molecule has 1 amide bonds. The second kappa shape index (κ2) is 5.76. The summed E-state index contributed by atoms with van der Waals surface area (Å²) in [5.41, 5.74) is -0.217. The molecule has 0 fully saturated rings. The van der Waals surface area contributed by atoms with Gasteiger partial charge in [-0.25, -0.2) is 0 Å². The summed E-state index contributed by atoms with van der Waals surface area (Å²) in [4.78, 5) is 25.0. The van der Waals surface area contributed by atoms with Gasteiger partial charge in [0.15, 0.2) is 12.4 Å². The minimum absolute atomic E-state index is 0.650. The molecule has 0 aliphatic heterocycles. The highest BCUT2D eigenvalue weighted by Crippen LogP contribution is 2.10. The highest BCUT2D eigenvalue weighted by atomic mass is 32.2. The topological polar surface area (TPSA) is 87.6 Å². The first-order valence-electron chi connectivity index (χ1n) is 6.10. The Bertz CT molecular complexity index is 644. The molecule has 0 atom stereocenters. The molecular formula is C12H19N3O5S+2. The summed E-state index contributed by atoms with van der Waals surface area (Å²) in [6, 6.07) is 3.00. The van der Waals surface area contributed by atoms with Crippen molar-refractivity contribution in [2.24, 2.45) is 0 Å². The minimum atomic E-state index is -4.55. The molecule has 8 nitrogen and oxygen atoms in total. The van der Waals surface area contributed by atoms with Crippen LogP contribution in [-0.2, 0) is 14.9 Å². The zero-order chi connectivity index (χ0) is 16.4. The number of amides is 1. The normalized spacial score (nSPS) is 11.9. The zero-order valence-electron chi connectivity index (χ0n) is 12.6. The van der Waals surface area contributed by atoms with Crippen molar-refractivity contribution in [1.29, 1.82) is 0 Å². The average Bonchev–Trinajstić information content (AvgIpc) is 2.35. The molecule has 0 unspecified atom stereocenters. The van der Waals surface area contributed by atoms with Crippen molar-refractivity contribution in [3.05, 3.63) is 29.4 Å². The fourth-order valence-corrected chi connectivity index (χ4v) is 2.16. The summed E-state index contributed by atoms with van der Waals surface area (Å²) in [6.45, 7) is 4.60. The lowest BCUT2D eigenvalue weighted by molar-refractivity contribution is -0.558. The number of hydrogen-bond donors (Lipinski definition) is 0. The van der Waals surface area contributed by atoms with Gasteiger partial charge >= 0.3 is 16.3 Å². The Morgan fingerprint density at radius 2 is 1.71 bits per heavy atom. The quantitative estimate of drug-likeness (QED) is 0.768. The summed E-state index contributed by atoms with van der Waals surface area (Å²) in [5, 5.41) is 0. The molecule has 21 heavy (non-hydrogen) atoms. The van der Waals surface area contributed by atoms with Gasteiger partial charge in [-0.3, -0.25) is 0 Å². The Labute approximate surface area is 123 Å². The highest BCUT2D eigenvalue weighted by molar-refractivity contribution is 7.78. The van der Waals surface area contributed by atoms with E-state index in [-0.39, 0.29) is 0 Å². The monoisotopic (exact) mass is 317 g/mol. The van der Waals surface area contributed by atoms with E-state index in [0.29, 0.717) is 3.97 Å². The molecule has 1 rings (SSSR count). The molecule has 9 heteroatoms. The third-order valence-electron chi connectivity index (χ3n) is 2.32. The predicted molar refractivity (Wildman–Crippen MR) is 75.1 cm³/mol. The van der Waals surface area contributed by atoms with Crippen LogP contribution in [0, 0.1) is 4.91 Å². The van der Waals surface area contributed by atoms with Gasteiger partial charge in [0.25, 0.3) is 4.17 Å². The molecule has 0 radical (unpaired) electrons. The molecule has 0 saturated carbocycles. The Morgan fingerprint density at radius 3 is 2.10 bits per heavy atom. The van der Waals surface area contributed by atoms with E-state index in [4.69, 9.17) is 4.74 Å². The fourth-order valence-electron chi connectivity index (χ4n) is 1.34. The lowest BCUT2D eigenvalue weighted by Crippen LogP contribution is -2.50. The van der Waals surface area contributed by atoms with Crippen LogP contribution in [0.15, 0.2) is 24.5 Å². The van der Waals surface area contributed by atoms with Gasteiger partial charge in [-0.15, -0.1) is 8.42 Å². The van der Waals surface area contributed by atoms with Crippen LogP contribution in [-0.4, -0.2) is 38.4 Å². The van der Waals surface area contributed by atoms with Gasteiger partial charge in [-0.2, -0.15) is 4.79 Å². The van der Waals surface area contributed by atoms with E-state index in [1.165, 1.54) is 45.3 Å². The first kappa shape index (κ1) is 17.0.